The summed E-state index contributed by atoms with van der Waals surface area (Å²) >= 11 is 0. The van der Waals surface area contributed by atoms with Crippen LogP contribution in [0, 0.1) is 5.82 Å². The molecule has 0 atom stereocenters. The molecule has 1 rings (SSSR count). The summed E-state index contributed by atoms with van der Waals surface area (Å²) in [6, 6.07) is 2.98. The van der Waals surface area contributed by atoms with Gasteiger partial charge < -0.3 is 9.64 Å². The molecule has 118 valence electrons. The molecule has 6 nitrogen and oxygen atoms in total. The van der Waals surface area contributed by atoms with E-state index in [2.05, 4.69) is 4.72 Å². The Morgan fingerprint density at radius 1 is 1.38 bits per heavy atom. The fraction of sp³-hybridized carbons (Fsp3) is 0.462. The molecule has 0 unspecified atom stereocenters. The maximum Gasteiger partial charge on any atom is 0.259 e. The van der Waals surface area contributed by atoms with Gasteiger partial charge in [0.1, 0.15) is 0 Å². The van der Waals surface area contributed by atoms with Crippen molar-refractivity contribution in [1.82, 2.24) is 9.62 Å². The molecular formula is C13H19FN2O4S. The molecule has 0 saturated heterocycles. The van der Waals surface area contributed by atoms with Crippen molar-refractivity contribution in [2.24, 2.45) is 0 Å². The average molecular weight is 318 g/mol. The Balaban J connectivity index is 2.88. The first-order chi connectivity index (χ1) is 9.63. The highest BCUT2D eigenvalue weighted by molar-refractivity contribution is 7.89. The lowest BCUT2D eigenvalue weighted by Crippen LogP contribution is -2.30. The number of hydrogen-bond donors (Lipinski definition) is 1. The summed E-state index contributed by atoms with van der Waals surface area (Å²) in [5, 5.41) is 0. The van der Waals surface area contributed by atoms with Crippen LogP contribution in [0.3, 0.4) is 0 Å². The van der Waals surface area contributed by atoms with Gasteiger partial charge in [-0.3, -0.25) is 4.79 Å². The van der Waals surface area contributed by atoms with E-state index in [1.807, 2.05) is 0 Å². The summed E-state index contributed by atoms with van der Waals surface area (Å²) in [4.78, 5) is 12.5. The molecule has 0 aliphatic carbocycles. The number of hydrogen-bond acceptors (Lipinski definition) is 4. The largest absolute Gasteiger partial charge is 0.481 e. The van der Waals surface area contributed by atoms with Crippen LogP contribution in [-0.4, -0.2) is 46.0 Å². The van der Waals surface area contributed by atoms with Gasteiger partial charge in [-0.25, -0.2) is 17.5 Å². The maximum absolute atomic E-state index is 13.8. The van der Waals surface area contributed by atoms with Gasteiger partial charge in [0.15, 0.2) is 18.2 Å². The lowest BCUT2D eigenvalue weighted by atomic mass is 10.3. The normalized spacial score (nSPS) is 11.5. The predicted octanol–water partition coefficient (Wildman–Crippen LogP) is 0.979. The number of amides is 1. The molecule has 0 radical (unpaired) electrons. The van der Waals surface area contributed by atoms with E-state index in [4.69, 9.17) is 4.74 Å². The minimum Gasteiger partial charge on any atom is -0.481 e. The van der Waals surface area contributed by atoms with Crippen LogP contribution in [-0.2, 0) is 14.8 Å². The number of carbonyl (C=O) groups excluding carboxylic acids is 1. The number of sulfonamides is 1. The van der Waals surface area contributed by atoms with E-state index >= 15 is 0 Å². The summed E-state index contributed by atoms with van der Waals surface area (Å²) < 4.78 is 45.0. The first-order valence-corrected chi connectivity index (χ1v) is 7.76. The number of nitrogens with zero attached hydrogens (tertiary/aromatic N) is 1. The molecule has 1 amide bonds. The number of carbonyl (C=O) groups is 1. The van der Waals surface area contributed by atoms with Crippen LogP contribution in [0.1, 0.15) is 13.8 Å². The third-order valence-corrected chi connectivity index (χ3v) is 4.11. The maximum atomic E-state index is 13.8. The van der Waals surface area contributed by atoms with Gasteiger partial charge in [0.25, 0.3) is 5.91 Å². The van der Waals surface area contributed by atoms with E-state index in [1.165, 1.54) is 17.0 Å². The van der Waals surface area contributed by atoms with Crippen LogP contribution in [0.25, 0.3) is 0 Å². The number of likely N-dealkylation sites (N-methyl/N-ethyl adjacent to an activating group) is 1. The average Bonchev–Trinajstić information content (AvgIpc) is 2.35. The van der Waals surface area contributed by atoms with Crippen molar-refractivity contribution in [2.75, 3.05) is 20.7 Å². The molecule has 0 aromatic heterocycles. The highest BCUT2D eigenvalue weighted by atomic mass is 32.2. The summed E-state index contributed by atoms with van der Waals surface area (Å²) in [7, 11) is -0.662. The molecule has 1 N–H and O–H groups in total. The molecular weight excluding hydrogens is 299 g/mol. The quantitative estimate of drug-likeness (QED) is 0.848. The highest BCUT2D eigenvalue weighted by Crippen LogP contribution is 2.21. The summed E-state index contributed by atoms with van der Waals surface area (Å²) in [5.74, 6) is -1.34. The molecule has 0 saturated carbocycles. The van der Waals surface area contributed by atoms with E-state index in [0.29, 0.717) is 0 Å². The first kappa shape index (κ1) is 17.4. The third kappa shape index (κ3) is 4.98. The lowest BCUT2D eigenvalue weighted by Gasteiger charge is -2.13. The van der Waals surface area contributed by atoms with Gasteiger partial charge in [-0.15, -0.1) is 0 Å². The number of nitrogens with one attached hydrogen (secondary N) is 1. The monoisotopic (exact) mass is 318 g/mol. The number of ether oxygens (including phenoxy) is 1. The van der Waals surface area contributed by atoms with Gasteiger partial charge in [0.05, 0.1) is 4.90 Å². The molecule has 1 aromatic carbocycles. The third-order valence-electron chi connectivity index (χ3n) is 2.45. The predicted molar refractivity (Wildman–Crippen MR) is 76.0 cm³/mol. The molecule has 0 bridgehead atoms. The van der Waals surface area contributed by atoms with Crippen LogP contribution < -0.4 is 9.46 Å². The zero-order valence-electron chi connectivity index (χ0n) is 12.4. The second kappa shape index (κ2) is 6.86. The van der Waals surface area contributed by atoms with Crippen LogP contribution >= 0.6 is 0 Å². The highest BCUT2D eigenvalue weighted by Gasteiger charge is 2.18. The lowest BCUT2D eigenvalue weighted by molar-refractivity contribution is -0.130. The number of rotatable bonds is 6. The van der Waals surface area contributed by atoms with Gasteiger partial charge in [-0.2, -0.15) is 0 Å². The molecule has 0 aliphatic heterocycles. The summed E-state index contributed by atoms with van der Waals surface area (Å²) in [6.07, 6.45) is 0. The summed E-state index contributed by atoms with van der Waals surface area (Å²) in [6.45, 7) is 3.01. The Morgan fingerprint density at radius 3 is 2.48 bits per heavy atom. The second-order valence-corrected chi connectivity index (χ2v) is 6.66. The zero-order chi connectivity index (χ0) is 16.2. The Morgan fingerprint density at radius 2 is 2.00 bits per heavy atom. The van der Waals surface area contributed by atoms with E-state index in [-0.39, 0.29) is 29.2 Å². The smallest absolute Gasteiger partial charge is 0.259 e. The van der Waals surface area contributed by atoms with Crippen LogP contribution in [0.15, 0.2) is 23.1 Å². The van der Waals surface area contributed by atoms with E-state index in [9.17, 15) is 17.6 Å². The molecule has 0 aliphatic rings. The van der Waals surface area contributed by atoms with E-state index < -0.39 is 15.8 Å². The molecule has 0 fully saturated rings. The van der Waals surface area contributed by atoms with Crippen molar-refractivity contribution < 1.29 is 22.3 Å². The van der Waals surface area contributed by atoms with Crippen LogP contribution in [0.2, 0.25) is 0 Å². The number of benzene rings is 1. The van der Waals surface area contributed by atoms with Gasteiger partial charge >= 0.3 is 0 Å². The van der Waals surface area contributed by atoms with Crippen molar-refractivity contribution in [3.8, 4) is 5.75 Å². The molecule has 21 heavy (non-hydrogen) atoms. The van der Waals surface area contributed by atoms with Gasteiger partial charge in [-0.05, 0) is 32.0 Å². The van der Waals surface area contributed by atoms with Crippen molar-refractivity contribution >= 4 is 15.9 Å². The Hall–Kier alpha value is -1.67. The molecule has 0 heterocycles. The standard InChI is InChI=1S/C13H19FN2O4S/c1-9(2)15-21(18,19)10-5-6-12(11(14)7-10)20-8-13(17)16(3)4/h5-7,9,15H,8H2,1-4H3. The van der Waals surface area contributed by atoms with Crippen molar-refractivity contribution in [3.63, 3.8) is 0 Å². The minimum absolute atomic E-state index is 0.173. The van der Waals surface area contributed by atoms with Gasteiger partial charge in [0.2, 0.25) is 10.0 Å². The van der Waals surface area contributed by atoms with Gasteiger partial charge in [0, 0.05) is 20.1 Å². The van der Waals surface area contributed by atoms with Crippen molar-refractivity contribution in [1.29, 1.82) is 0 Å². The molecule has 8 heteroatoms. The van der Waals surface area contributed by atoms with Crippen LogP contribution in [0.5, 0.6) is 5.75 Å². The number of halogens is 1. The second-order valence-electron chi connectivity index (χ2n) is 4.95. The zero-order valence-corrected chi connectivity index (χ0v) is 13.2. The molecule has 1 aromatic rings. The first-order valence-electron chi connectivity index (χ1n) is 6.28. The van der Waals surface area contributed by atoms with E-state index in [1.54, 1.807) is 27.9 Å². The fourth-order valence-electron chi connectivity index (χ4n) is 1.41. The Labute approximate surface area is 123 Å². The van der Waals surface area contributed by atoms with Crippen LogP contribution in [0.4, 0.5) is 4.39 Å². The SMILES string of the molecule is CC(C)NS(=O)(=O)c1ccc(OCC(=O)N(C)C)c(F)c1. The Kier molecular flexibility index (Phi) is 5.68. The fourth-order valence-corrected chi connectivity index (χ4v) is 2.68. The topological polar surface area (TPSA) is 75.7 Å². The Bertz CT molecular complexity index is 615. The van der Waals surface area contributed by atoms with E-state index in [0.717, 1.165) is 6.07 Å². The summed E-state index contributed by atoms with van der Waals surface area (Å²) in [5.41, 5.74) is 0. The van der Waals surface area contributed by atoms with Crippen molar-refractivity contribution in [3.05, 3.63) is 24.0 Å². The minimum atomic E-state index is -3.76. The molecule has 0 spiro atoms. The van der Waals surface area contributed by atoms with Crippen molar-refractivity contribution in [2.45, 2.75) is 24.8 Å². The van der Waals surface area contributed by atoms with Gasteiger partial charge in [-0.1, -0.05) is 0 Å².